The van der Waals surface area contributed by atoms with Gasteiger partial charge in [-0.15, -0.1) is 0 Å². The minimum absolute atomic E-state index is 0.168. The fraction of sp³-hybridized carbons (Fsp3) is 0.350. The van der Waals surface area contributed by atoms with Crippen LogP contribution < -0.4 is 14.9 Å². The summed E-state index contributed by atoms with van der Waals surface area (Å²) in [6.07, 6.45) is 2.08. The van der Waals surface area contributed by atoms with Crippen LogP contribution in [0.15, 0.2) is 59.5 Å². The van der Waals surface area contributed by atoms with E-state index in [2.05, 4.69) is 27.1 Å². The Hall–Kier alpha value is -2.38. The van der Waals surface area contributed by atoms with E-state index in [1.165, 1.54) is 6.07 Å². The van der Waals surface area contributed by atoms with E-state index >= 15 is 0 Å². The summed E-state index contributed by atoms with van der Waals surface area (Å²) in [6, 6.07) is 17.0. The molecule has 7 heteroatoms. The number of benzene rings is 2. The lowest BCUT2D eigenvalue weighted by Crippen LogP contribution is -2.43. The van der Waals surface area contributed by atoms with Gasteiger partial charge in [0.15, 0.2) is 0 Å². The van der Waals surface area contributed by atoms with Crippen molar-refractivity contribution in [2.24, 2.45) is 0 Å². The van der Waals surface area contributed by atoms with E-state index in [9.17, 15) is 13.2 Å². The molecule has 0 radical (unpaired) electrons. The summed E-state index contributed by atoms with van der Waals surface area (Å²) < 4.78 is 26.9. The van der Waals surface area contributed by atoms with Crippen molar-refractivity contribution in [3.05, 3.63) is 60.2 Å². The van der Waals surface area contributed by atoms with Gasteiger partial charge < -0.3 is 10.2 Å². The summed E-state index contributed by atoms with van der Waals surface area (Å²) in [4.78, 5) is 14.6. The zero-order chi connectivity index (χ0) is 19.3. The molecule has 0 aromatic heterocycles. The van der Waals surface area contributed by atoms with E-state index in [1.807, 2.05) is 31.2 Å². The SMILES string of the molecule is Cc1cccc(S(=O)(=O)NCC(=O)NC[C@@H]2CCCN2c2ccccc2)c1. The molecule has 0 spiro atoms. The molecule has 2 aromatic carbocycles. The molecule has 144 valence electrons. The molecule has 0 unspecified atom stereocenters. The molecule has 0 saturated carbocycles. The lowest BCUT2D eigenvalue weighted by atomic mass is 10.2. The first-order valence-corrected chi connectivity index (χ1v) is 10.6. The maximum Gasteiger partial charge on any atom is 0.241 e. The van der Waals surface area contributed by atoms with Crippen LogP contribution in [-0.4, -0.2) is 40.0 Å². The van der Waals surface area contributed by atoms with E-state index in [1.54, 1.807) is 12.1 Å². The summed E-state index contributed by atoms with van der Waals surface area (Å²) in [5.74, 6) is -0.328. The summed E-state index contributed by atoms with van der Waals surface area (Å²) in [7, 11) is -3.69. The highest BCUT2D eigenvalue weighted by molar-refractivity contribution is 7.89. The summed E-state index contributed by atoms with van der Waals surface area (Å²) >= 11 is 0. The van der Waals surface area contributed by atoms with Gasteiger partial charge in [-0.3, -0.25) is 4.79 Å². The van der Waals surface area contributed by atoms with Crippen molar-refractivity contribution in [2.75, 3.05) is 24.5 Å². The van der Waals surface area contributed by atoms with Crippen LogP contribution in [0.2, 0.25) is 0 Å². The van der Waals surface area contributed by atoms with Crippen LogP contribution in [-0.2, 0) is 14.8 Å². The van der Waals surface area contributed by atoms with E-state index in [4.69, 9.17) is 0 Å². The minimum Gasteiger partial charge on any atom is -0.367 e. The van der Waals surface area contributed by atoms with Gasteiger partial charge in [-0.1, -0.05) is 30.3 Å². The third kappa shape index (κ3) is 5.08. The lowest BCUT2D eigenvalue weighted by molar-refractivity contribution is -0.120. The van der Waals surface area contributed by atoms with Crippen LogP contribution in [0.3, 0.4) is 0 Å². The molecule has 1 aliphatic heterocycles. The van der Waals surface area contributed by atoms with Gasteiger partial charge >= 0.3 is 0 Å². The van der Waals surface area contributed by atoms with E-state index in [0.717, 1.165) is 30.6 Å². The van der Waals surface area contributed by atoms with Crippen LogP contribution >= 0.6 is 0 Å². The molecule has 27 heavy (non-hydrogen) atoms. The van der Waals surface area contributed by atoms with E-state index in [0.29, 0.717) is 6.54 Å². The van der Waals surface area contributed by atoms with Gasteiger partial charge in [0.25, 0.3) is 0 Å². The molecule has 2 N–H and O–H groups in total. The molecule has 6 nitrogen and oxygen atoms in total. The Morgan fingerprint density at radius 2 is 1.93 bits per heavy atom. The van der Waals surface area contributed by atoms with Gasteiger partial charge in [0, 0.05) is 24.8 Å². The second kappa shape index (κ2) is 8.54. The van der Waals surface area contributed by atoms with Crippen molar-refractivity contribution in [1.82, 2.24) is 10.0 Å². The van der Waals surface area contributed by atoms with Crippen molar-refractivity contribution in [1.29, 1.82) is 0 Å². The van der Waals surface area contributed by atoms with Crippen LogP contribution in [0.4, 0.5) is 5.69 Å². The van der Waals surface area contributed by atoms with Gasteiger partial charge in [0.2, 0.25) is 15.9 Å². The zero-order valence-corrected chi connectivity index (χ0v) is 16.2. The Morgan fingerprint density at radius 1 is 1.15 bits per heavy atom. The second-order valence-electron chi connectivity index (χ2n) is 6.77. The highest BCUT2D eigenvalue weighted by Gasteiger charge is 2.25. The molecule has 1 aliphatic rings. The number of hydrogen-bond acceptors (Lipinski definition) is 4. The van der Waals surface area contributed by atoms with Gasteiger partial charge in [-0.25, -0.2) is 13.1 Å². The maximum absolute atomic E-state index is 12.3. The summed E-state index contributed by atoms with van der Waals surface area (Å²) in [5.41, 5.74) is 2.00. The molecule has 1 heterocycles. The topological polar surface area (TPSA) is 78.5 Å². The quantitative estimate of drug-likeness (QED) is 0.762. The fourth-order valence-corrected chi connectivity index (χ4v) is 4.41. The third-order valence-electron chi connectivity index (χ3n) is 4.72. The molecular formula is C20H25N3O3S. The number of para-hydroxylation sites is 1. The number of sulfonamides is 1. The number of nitrogens with one attached hydrogen (secondary N) is 2. The summed E-state index contributed by atoms with van der Waals surface area (Å²) in [6.45, 7) is 3.02. The Morgan fingerprint density at radius 3 is 2.67 bits per heavy atom. The van der Waals surface area contributed by atoms with E-state index < -0.39 is 10.0 Å². The smallest absolute Gasteiger partial charge is 0.241 e. The summed E-state index contributed by atoms with van der Waals surface area (Å²) in [5, 5.41) is 2.85. The van der Waals surface area contributed by atoms with Crippen molar-refractivity contribution < 1.29 is 13.2 Å². The lowest BCUT2D eigenvalue weighted by Gasteiger charge is -2.27. The number of anilines is 1. The Kier molecular flexibility index (Phi) is 6.13. The number of amides is 1. The molecule has 1 amide bonds. The van der Waals surface area contributed by atoms with Gasteiger partial charge in [0.05, 0.1) is 11.4 Å². The molecule has 0 aliphatic carbocycles. The van der Waals surface area contributed by atoms with Crippen molar-refractivity contribution in [2.45, 2.75) is 30.7 Å². The van der Waals surface area contributed by atoms with Crippen LogP contribution in [0.1, 0.15) is 18.4 Å². The number of aryl methyl sites for hydroxylation is 1. The maximum atomic E-state index is 12.3. The predicted octanol–water partition coefficient (Wildman–Crippen LogP) is 2.06. The second-order valence-corrected chi connectivity index (χ2v) is 8.54. The fourth-order valence-electron chi connectivity index (χ4n) is 3.33. The largest absolute Gasteiger partial charge is 0.367 e. The molecule has 2 aromatic rings. The van der Waals surface area contributed by atoms with Crippen molar-refractivity contribution >= 4 is 21.6 Å². The average Bonchev–Trinajstić information content (AvgIpc) is 3.14. The normalized spacial score (nSPS) is 17.1. The molecule has 1 saturated heterocycles. The zero-order valence-electron chi connectivity index (χ0n) is 15.4. The first-order valence-electron chi connectivity index (χ1n) is 9.10. The minimum atomic E-state index is -3.69. The molecule has 0 bridgehead atoms. The highest BCUT2D eigenvalue weighted by atomic mass is 32.2. The van der Waals surface area contributed by atoms with Crippen LogP contribution in [0, 0.1) is 6.92 Å². The first-order chi connectivity index (χ1) is 13.0. The van der Waals surface area contributed by atoms with Gasteiger partial charge in [-0.05, 0) is 49.6 Å². The molecular weight excluding hydrogens is 362 g/mol. The van der Waals surface area contributed by atoms with Crippen LogP contribution in [0.25, 0.3) is 0 Å². The average molecular weight is 388 g/mol. The van der Waals surface area contributed by atoms with Crippen molar-refractivity contribution in [3.8, 4) is 0 Å². The Bertz CT molecular complexity index is 884. The predicted molar refractivity (Wildman–Crippen MR) is 106 cm³/mol. The van der Waals surface area contributed by atoms with Crippen LogP contribution in [0.5, 0.6) is 0 Å². The molecule has 1 fully saturated rings. The number of rotatable bonds is 7. The van der Waals surface area contributed by atoms with Gasteiger partial charge in [0.1, 0.15) is 0 Å². The number of nitrogens with zero attached hydrogens (tertiary/aromatic N) is 1. The van der Waals surface area contributed by atoms with E-state index in [-0.39, 0.29) is 23.4 Å². The van der Waals surface area contributed by atoms with Gasteiger partial charge in [-0.2, -0.15) is 0 Å². The molecule has 1 atom stereocenters. The highest BCUT2D eigenvalue weighted by Crippen LogP contribution is 2.24. The monoisotopic (exact) mass is 387 g/mol. The Balaban J connectivity index is 1.51. The Labute approximate surface area is 160 Å². The number of carbonyl (C=O) groups is 1. The third-order valence-corrected chi connectivity index (χ3v) is 6.12. The molecule has 3 rings (SSSR count). The number of carbonyl (C=O) groups excluding carboxylic acids is 1. The van der Waals surface area contributed by atoms with Crippen molar-refractivity contribution in [3.63, 3.8) is 0 Å². The number of hydrogen-bond donors (Lipinski definition) is 2. The first kappa shape index (κ1) is 19.4. The standard InChI is InChI=1S/C20H25N3O3S/c1-16-7-5-11-19(13-16)27(25,26)22-15-20(24)21-14-18-10-6-12-23(18)17-8-3-2-4-9-17/h2-5,7-9,11,13,18,22H,6,10,12,14-15H2,1H3,(H,21,24)/t18-/m0/s1.